The summed E-state index contributed by atoms with van der Waals surface area (Å²) in [4.78, 5) is 18.2. The number of hydrogen-bond acceptors (Lipinski definition) is 4. The molecular formula is C66H88Co2N8. The number of benzene rings is 4. The molecular weight excluding hydrogens is 1020 g/mol. The Morgan fingerprint density at radius 2 is 0.632 bits per heavy atom. The van der Waals surface area contributed by atoms with Crippen molar-refractivity contribution in [3.8, 4) is 0 Å². The van der Waals surface area contributed by atoms with Crippen LogP contribution in [0, 0.1) is 0 Å². The Labute approximate surface area is 481 Å². The molecule has 0 N–H and O–H groups in total. The van der Waals surface area contributed by atoms with Gasteiger partial charge in [0.15, 0.2) is 0 Å². The van der Waals surface area contributed by atoms with Gasteiger partial charge in [0.2, 0.25) is 0 Å². The monoisotopic (exact) mass is 1110 g/mol. The van der Waals surface area contributed by atoms with Gasteiger partial charge < -0.3 is 31.3 Å². The molecule has 76 heavy (non-hydrogen) atoms. The SMILES string of the molecule is C1=C[N-]/C(=C2\N=CC=C[N-]2)N=C1.CC(/C=C(/C)[N-]c1c(C(C)C)cccc1C(C)C)=Nc1c(C(C)C)cccc1C(C)C.CC(/C=C(/C)[N-]c1c(C(C)C)cccc1C(C)C)=Nc1c(C(C)C)cccc1C(C)C.[Co+2].[Co+2]. The van der Waals surface area contributed by atoms with E-state index in [4.69, 9.17) is 20.6 Å². The van der Waals surface area contributed by atoms with Crippen LogP contribution in [0.3, 0.4) is 0 Å². The standard InChI is InChI=1S/2C29H41N2.C8H6N4.2Co/c2*1-18(2)24-13-11-14-25(19(3)4)28(24)30-22(9)17-23(10)31-29-26(20(5)6)15-12-16-27(29)21(7)8;1-3-9-7(10-4-1)8-11-5-2-6-12-8;;/h2*11-21H,1-10H3;1-6H;;/q2*-1;-2;2*+2/b2*22-17-,31-23?;;;. The van der Waals surface area contributed by atoms with Gasteiger partial charge in [0, 0.05) is 11.4 Å². The van der Waals surface area contributed by atoms with Crippen LogP contribution in [0.5, 0.6) is 0 Å². The van der Waals surface area contributed by atoms with Crippen molar-refractivity contribution in [2.75, 3.05) is 0 Å². The van der Waals surface area contributed by atoms with Gasteiger partial charge in [-0.25, -0.2) is 0 Å². The zero-order chi connectivity index (χ0) is 54.8. The molecule has 0 amide bonds. The molecule has 4 aromatic carbocycles. The predicted molar refractivity (Wildman–Crippen MR) is 327 cm³/mol. The van der Waals surface area contributed by atoms with Gasteiger partial charge in [-0.05, 0) is 83.4 Å². The summed E-state index contributed by atoms with van der Waals surface area (Å²) in [6.07, 6.45) is 14.4. The molecule has 410 valence electrons. The van der Waals surface area contributed by atoms with Gasteiger partial charge in [-0.3, -0.25) is 9.98 Å². The van der Waals surface area contributed by atoms with E-state index in [0.29, 0.717) is 59.0 Å². The maximum absolute atomic E-state index is 5.08. The number of para-hydroxylation sites is 4. The van der Waals surface area contributed by atoms with Crippen molar-refractivity contribution in [2.24, 2.45) is 20.0 Å². The average molecular weight is 1110 g/mol. The van der Waals surface area contributed by atoms with Gasteiger partial charge >= 0.3 is 33.6 Å². The molecule has 0 atom stereocenters. The molecule has 6 rings (SSSR count). The van der Waals surface area contributed by atoms with E-state index in [2.05, 4.69) is 244 Å². The maximum atomic E-state index is 5.08. The molecule has 0 fully saturated rings. The Kier molecular flexibility index (Phi) is 28.3. The summed E-state index contributed by atoms with van der Waals surface area (Å²) in [5, 5.41) is 18.2. The van der Waals surface area contributed by atoms with E-state index >= 15 is 0 Å². The second-order valence-corrected chi connectivity index (χ2v) is 21.8. The summed E-state index contributed by atoms with van der Waals surface area (Å²) in [6, 6.07) is 26.3. The first-order valence-electron chi connectivity index (χ1n) is 27.0. The summed E-state index contributed by atoms with van der Waals surface area (Å²) < 4.78 is 0. The average Bonchev–Trinajstić information content (AvgIpc) is 3.34. The third-order valence-electron chi connectivity index (χ3n) is 12.7. The molecule has 2 aliphatic rings. The molecule has 4 aromatic rings. The van der Waals surface area contributed by atoms with Crippen molar-refractivity contribution in [1.82, 2.24) is 0 Å². The molecule has 0 aliphatic carbocycles. The largest absolute Gasteiger partial charge is 2.00 e. The van der Waals surface area contributed by atoms with Crippen molar-refractivity contribution in [1.29, 1.82) is 0 Å². The Balaban J connectivity index is 0.000000417. The molecule has 0 aromatic heterocycles. The summed E-state index contributed by atoms with van der Waals surface area (Å²) in [5.41, 5.74) is 18.9. The number of nitrogens with zero attached hydrogens (tertiary/aromatic N) is 8. The van der Waals surface area contributed by atoms with Gasteiger partial charge in [0.1, 0.15) is 0 Å². The minimum Gasteiger partial charge on any atom is -0.661 e. The summed E-state index contributed by atoms with van der Waals surface area (Å²) in [5.74, 6) is 4.60. The van der Waals surface area contributed by atoms with E-state index in [0.717, 1.165) is 45.6 Å². The molecule has 2 heterocycles. The molecule has 0 spiro atoms. The minimum absolute atomic E-state index is 0. The van der Waals surface area contributed by atoms with E-state index in [-0.39, 0.29) is 33.6 Å². The first-order valence-corrected chi connectivity index (χ1v) is 27.0. The first kappa shape index (κ1) is 66.6. The Bertz CT molecular complexity index is 2500. The van der Waals surface area contributed by atoms with Crippen LogP contribution >= 0.6 is 0 Å². The minimum atomic E-state index is 0. The van der Waals surface area contributed by atoms with Crippen LogP contribution in [0.4, 0.5) is 22.7 Å². The second kappa shape index (κ2) is 32.3. The molecule has 8 nitrogen and oxygen atoms in total. The van der Waals surface area contributed by atoms with Crippen LogP contribution in [0.15, 0.2) is 153 Å². The van der Waals surface area contributed by atoms with Gasteiger partial charge in [0.25, 0.3) is 0 Å². The summed E-state index contributed by atoms with van der Waals surface area (Å²) >= 11 is 0. The van der Waals surface area contributed by atoms with Gasteiger partial charge in [-0.15, -0.1) is 11.4 Å². The van der Waals surface area contributed by atoms with E-state index in [1.165, 1.54) is 44.5 Å². The summed E-state index contributed by atoms with van der Waals surface area (Å²) in [7, 11) is 0. The smallest absolute Gasteiger partial charge is 0.661 e. The molecule has 0 bridgehead atoms. The third-order valence-corrected chi connectivity index (χ3v) is 12.7. The molecule has 0 saturated heterocycles. The van der Waals surface area contributed by atoms with Crippen molar-refractivity contribution in [3.05, 3.63) is 198 Å². The van der Waals surface area contributed by atoms with Crippen molar-refractivity contribution in [3.63, 3.8) is 0 Å². The number of hydrogen-bond donors (Lipinski definition) is 0. The van der Waals surface area contributed by atoms with Crippen LogP contribution in [0.2, 0.25) is 0 Å². The van der Waals surface area contributed by atoms with Crippen LogP contribution in [0.1, 0.15) is 230 Å². The van der Waals surface area contributed by atoms with E-state index < -0.39 is 0 Å². The summed E-state index contributed by atoms with van der Waals surface area (Å²) in [6.45, 7) is 44.1. The Hall–Kier alpha value is -5.53. The van der Waals surface area contributed by atoms with E-state index in [1.807, 2.05) is 0 Å². The third kappa shape index (κ3) is 19.5. The van der Waals surface area contributed by atoms with Crippen LogP contribution in [-0.4, -0.2) is 23.9 Å². The quantitative estimate of drug-likeness (QED) is 0.0997. The molecule has 2 aliphatic heterocycles. The fourth-order valence-corrected chi connectivity index (χ4v) is 8.83. The van der Waals surface area contributed by atoms with E-state index in [1.54, 1.807) is 37.0 Å². The number of aliphatic imine (C=N–C) groups is 4. The molecule has 2 radical (unpaired) electrons. The maximum Gasteiger partial charge on any atom is 2.00 e. The Morgan fingerprint density at radius 1 is 0.395 bits per heavy atom. The van der Waals surface area contributed by atoms with Gasteiger partial charge in [-0.1, -0.05) is 280 Å². The fraction of sp³-hybridized carbons (Fsp3) is 0.424. The van der Waals surface area contributed by atoms with Crippen molar-refractivity contribution < 1.29 is 33.6 Å². The number of allylic oxidation sites excluding steroid dienone is 6. The van der Waals surface area contributed by atoms with Crippen molar-refractivity contribution >= 4 is 46.6 Å². The first-order chi connectivity index (χ1) is 35.0. The van der Waals surface area contributed by atoms with Gasteiger partial charge in [0.05, 0.1) is 11.4 Å². The van der Waals surface area contributed by atoms with Crippen LogP contribution in [-0.2, 0) is 33.6 Å². The molecule has 0 unspecified atom stereocenters. The predicted octanol–water partition coefficient (Wildman–Crippen LogP) is 21.8. The van der Waals surface area contributed by atoms with E-state index in [9.17, 15) is 0 Å². The van der Waals surface area contributed by atoms with Crippen molar-refractivity contribution in [2.45, 2.75) is 186 Å². The molecule has 10 heteroatoms. The topological polar surface area (TPSA) is 106 Å². The Morgan fingerprint density at radius 3 is 0.842 bits per heavy atom. The normalized spacial score (nSPS) is 14.7. The fourth-order valence-electron chi connectivity index (χ4n) is 8.83. The van der Waals surface area contributed by atoms with Crippen LogP contribution in [0.25, 0.3) is 21.3 Å². The van der Waals surface area contributed by atoms with Crippen LogP contribution < -0.4 is 0 Å². The zero-order valence-electron chi connectivity index (χ0n) is 49.4. The second-order valence-electron chi connectivity index (χ2n) is 21.8. The van der Waals surface area contributed by atoms with Gasteiger partial charge in [-0.2, -0.15) is 11.4 Å². The zero-order valence-corrected chi connectivity index (χ0v) is 51.5. The number of rotatable bonds is 16. The molecule has 0 saturated carbocycles.